The second-order valence-electron chi connectivity index (χ2n) is 2.97. The van der Waals surface area contributed by atoms with Crippen LogP contribution in [0.1, 0.15) is 6.42 Å². The van der Waals surface area contributed by atoms with Gasteiger partial charge in [0.15, 0.2) is 0 Å². The first kappa shape index (κ1) is 7.53. The van der Waals surface area contributed by atoms with E-state index in [0.29, 0.717) is 5.69 Å². The number of halogens is 2. The number of anilines is 1. The van der Waals surface area contributed by atoms with E-state index in [9.17, 15) is 8.78 Å². The Bertz CT molecular complexity index is 274. The fourth-order valence-corrected chi connectivity index (χ4v) is 1.30. The molecule has 1 aromatic rings. The minimum atomic E-state index is -0.503. The molecule has 2 rings (SSSR count). The number of benzene rings is 1. The second kappa shape index (κ2) is 2.73. The van der Waals surface area contributed by atoms with Gasteiger partial charge in [-0.05, 0) is 18.6 Å². The van der Waals surface area contributed by atoms with Crippen LogP contribution in [0.5, 0.6) is 0 Å². The smallest absolute Gasteiger partial charge is 0.128 e. The van der Waals surface area contributed by atoms with Crippen LogP contribution in [0.2, 0.25) is 0 Å². The maximum atomic E-state index is 12.7. The highest BCUT2D eigenvalue weighted by atomic mass is 19.1. The summed E-state index contributed by atoms with van der Waals surface area (Å²) >= 11 is 0. The van der Waals surface area contributed by atoms with Crippen molar-refractivity contribution < 1.29 is 8.78 Å². The third kappa shape index (κ3) is 1.26. The summed E-state index contributed by atoms with van der Waals surface area (Å²) in [5, 5.41) is 0. The Morgan fingerprint density at radius 2 is 1.58 bits per heavy atom. The van der Waals surface area contributed by atoms with Crippen molar-refractivity contribution in [2.24, 2.45) is 0 Å². The van der Waals surface area contributed by atoms with E-state index in [1.165, 1.54) is 12.1 Å². The van der Waals surface area contributed by atoms with Gasteiger partial charge in [0, 0.05) is 24.8 Å². The summed E-state index contributed by atoms with van der Waals surface area (Å²) in [6.07, 6.45) is 1.11. The van der Waals surface area contributed by atoms with Gasteiger partial charge in [-0.25, -0.2) is 8.78 Å². The lowest BCUT2D eigenvalue weighted by Gasteiger charge is -2.33. The molecule has 0 N–H and O–H groups in total. The van der Waals surface area contributed by atoms with Crippen molar-refractivity contribution in [3.05, 3.63) is 29.8 Å². The van der Waals surface area contributed by atoms with Crippen molar-refractivity contribution in [2.45, 2.75) is 6.42 Å². The maximum absolute atomic E-state index is 12.7. The average Bonchev–Trinajstić information content (AvgIpc) is 1.79. The quantitative estimate of drug-likeness (QED) is 0.622. The van der Waals surface area contributed by atoms with Crippen LogP contribution in [0.3, 0.4) is 0 Å². The topological polar surface area (TPSA) is 3.24 Å². The lowest BCUT2D eigenvalue weighted by molar-refractivity contribution is 0.571. The molecule has 1 aromatic carbocycles. The zero-order valence-electron chi connectivity index (χ0n) is 6.56. The highest BCUT2D eigenvalue weighted by Crippen LogP contribution is 2.22. The molecule has 64 valence electrons. The lowest BCUT2D eigenvalue weighted by atomic mass is 10.2. The molecule has 1 aliphatic heterocycles. The first-order valence-corrected chi connectivity index (χ1v) is 3.97. The molecule has 1 saturated heterocycles. The van der Waals surface area contributed by atoms with Gasteiger partial charge in [0.2, 0.25) is 0 Å². The number of rotatable bonds is 1. The van der Waals surface area contributed by atoms with Gasteiger partial charge in [0.1, 0.15) is 11.6 Å². The lowest BCUT2D eigenvalue weighted by Crippen LogP contribution is -2.37. The molecule has 12 heavy (non-hydrogen) atoms. The Hall–Kier alpha value is -1.12. The molecule has 1 aliphatic rings. The van der Waals surface area contributed by atoms with Crippen LogP contribution >= 0.6 is 0 Å². The molecule has 0 aliphatic carbocycles. The molecule has 3 heteroatoms. The van der Waals surface area contributed by atoms with E-state index in [-0.39, 0.29) is 0 Å². The van der Waals surface area contributed by atoms with E-state index in [1.807, 2.05) is 4.90 Å². The molecule has 0 radical (unpaired) electrons. The Labute approximate surface area is 69.6 Å². The van der Waals surface area contributed by atoms with Crippen molar-refractivity contribution in [1.82, 2.24) is 0 Å². The summed E-state index contributed by atoms with van der Waals surface area (Å²) in [6.45, 7) is 1.81. The van der Waals surface area contributed by atoms with Crippen molar-refractivity contribution in [3.8, 4) is 0 Å². The van der Waals surface area contributed by atoms with Crippen LogP contribution in [0.15, 0.2) is 18.2 Å². The molecule has 0 aromatic heterocycles. The summed E-state index contributed by atoms with van der Waals surface area (Å²) in [6, 6.07) is 3.62. The van der Waals surface area contributed by atoms with Crippen LogP contribution in [0, 0.1) is 11.6 Å². The van der Waals surface area contributed by atoms with E-state index in [0.717, 1.165) is 25.6 Å². The minimum Gasteiger partial charge on any atom is -0.371 e. The van der Waals surface area contributed by atoms with Crippen molar-refractivity contribution in [3.63, 3.8) is 0 Å². The zero-order valence-corrected chi connectivity index (χ0v) is 6.56. The van der Waals surface area contributed by atoms with E-state index >= 15 is 0 Å². The summed E-state index contributed by atoms with van der Waals surface area (Å²) in [5.74, 6) is -1.01. The molecule has 1 nitrogen and oxygen atoms in total. The van der Waals surface area contributed by atoms with E-state index in [1.54, 1.807) is 0 Å². The third-order valence-electron chi connectivity index (χ3n) is 2.07. The summed E-state index contributed by atoms with van der Waals surface area (Å²) in [5.41, 5.74) is 0.652. The highest BCUT2D eigenvalue weighted by molar-refractivity contribution is 5.48. The average molecular weight is 169 g/mol. The molecule has 0 saturated carbocycles. The maximum Gasteiger partial charge on any atom is 0.128 e. The van der Waals surface area contributed by atoms with Gasteiger partial charge in [-0.15, -0.1) is 0 Å². The molecule has 1 fully saturated rings. The van der Waals surface area contributed by atoms with Gasteiger partial charge in [-0.2, -0.15) is 0 Å². The summed E-state index contributed by atoms with van der Waals surface area (Å²) in [4.78, 5) is 1.95. The largest absolute Gasteiger partial charge is 0.371 e. The second-order valence-corrected chi connectivity index (χ2v) is 2.97. The number of hydrogen-bond acceptors (Lipinski definition) is 1. The molecular weight excluding hydrogens is 160 g/mol. The predicted octanol–water partition coefficient (Wildman–Crippen LogP) is 2.17. The highest BCUT2D eigenvalue weighted by Gasteiger charge is 2.15. The van der Waals surface area contributed by atoms with Crippen LogP contribution in [-0.2, 0) is 0 Å². The van der Waals surface area contributed by atoms with Gasteiger partial charge in [0.05, 0.1) is 0 Å². The standard InChI is InChI=1S/C9H9F2N/c10-7-4-8(11)6-9(5-7)12-2-1-3-12/h4-6H,1-3H2. The fourth-order valence-electron chi connectivity index (χ4n) is 1.30. The normalized spacial score (nSPS) is 16.0. The van der Waals surface area contributed by atoms with Crippen LogP contribution < -0.4 is 4.90 Å². The van der Waals surface area contributed by atoms with Crippen molar-refractivity contribution >= 4 is 5.69 Å². The Balaban J connectivity index is 2.30. The molecular formula is C9H9F2N. The molecule has 0 spiro atoms. The van der Waals surface area contributed by atoms with Gasteiger partial charge in [-0.1, -0.05) is 0 Å². The van der Waals surface area contributed by atoms with Crippen LogP contribution in [0.4, 0.5) is 14.5 Å². The monoisotopic (exact) mass is 169 g/mol. The summed E-state index contributed by atoms with van der Waals surface area (Å²) in [7, 11) is 0. The number of nitrogens with zero attached hydrogens (tertiary/aromatic N) is 1. The minimum absolute atomic E-state index is 0.503. The van der Waals surface area contributed by atoms with Gasteiger partial charge >= 0.3 is 0 Å². The summed E-state index contributed by atoms with van der Waals surface area (Å²) < 4.78 is 25.4. The Morgan fingerprint density at radius 1 is 1.00 bits per heavy atom. The Morgan fingerprint density at radius 3 is 2.00 bits per heavy atom. The predicted molar refractivity (Wildman–Crippen MR) is 43.2 cm³/mol. The first-order valence-electron chi connectivity index (χ1n) is 3.97. The van der Waals surface area contributed by atoms with Crippen molar-refractivity contribution in [2.75, 3.05) is 18.0 Å². The first-order chi connectivity index (χ1) is 5.75. The van der Waals surface area contributed by atoms with Crippen LogP contribution in [-0.4, -0.2) is 13.1 Å². The molecule has 0 amide bonds. The fraction of sp³-hybridized carbons (Fsp3) is 0.333. The Kier molecular flexibility index (Phi) is 1.71. The third-order valence-corrected chi connectivity index (χ3v) is 2.07. The van der Waals surface area contributed by atoms with E-state index in [2.05, 4.69) is 0 Å². The van der Waals surface area contributed by atoms with Crippen molar-refractivity contribution in [1.29, 1.82) is 0 Å². The van der Waals surface area contributed by atoms with E-state index < -0.39 is 11.6 Å². The molecule has 0 unspecified atom stereocenters. The zero-order chi connectivity index (χ0) is 8.55. The number of hydrogen-bond donors (Lipinski definition) is 0. The molecule has 0 atom stereocenters. The van der Waals surface area contributed by atoms with Crippen LogP contribution in [0.25, 0.3) is 0 Å². The van der Waals surface area contributed by atoms with Gasteiger partial charge in [-0.3, -0.25) is 0 Å². The SMILES string of the molecule is Fc1cc(F)cc(N2CCC2)c1. The van der Waals surface area contributed by atoms with Gasteiger partial charge < -0.3 is 4.90 Å². The molecule has 1 heterocycles. The van der Waals surface area contributed by atoms with E-state index in [4.69, 9.17) is 0 Å². The van der Waals surface area contributed by atoms with Gasteiger partial charge in [0.25, 0.3) is 0 Å². The molecule has 0 bridgehead atoms.